The van der Waals surface area contributed by atoms with E-state index in [1.165, 1.54) is 12.1 Å². The first-order valence-electron chi connectivity index (χ1n) is 8.98. The summed E-state index contributed by atoms with van der Waals surface area (Å²) in [6.45, 7) is 3.63. The summed E-state index contributed by atoms with van der Waals surface area (Å²) in [4.78, 5) is 16.3. The van der Waals surface area contributed by atoms with Gasteiger partial charge in [-0.1, -0.05) is 40.2 Å². The molecular formula is C19H17ClN4O4S2. The van der Waals surface area contributed by atoms with Crippen LogP contribution >= 0.6 is 22.9 Å². The van der Waals surface area contributed by atoms with E-state index in [2.05, 4.69) is 14.9 Å². The minimum Gasteiger partial charge on any atom is -0.338 e. The summed E-state index contributed by atoms with van der Waals surface area (Å²) in [6, 6.07) is 11.6. The molecule has 0 saturated carbocycles. The summed E-state index contributed by atoms with van der Waals surface area (Å²) in [7, 11) is -3.85. The maximum Gasteiger partial charge on any atom is 0.308 e. The van der Waals surface area contributed by atoms with Crippen molar-refractivity contribution < 1.29 is 12.9 Å². The Hall–Kier alpha value is -2.53. The molecule has 0 amide bonds. The molecule has 30 heavy (non-hydrogen) atoms. The quantitative estimate of drug-likeness (QED) is 0.464. The van der Waals surface area contributed by atoms with Gasteiger partial charge in [-0.05, 0) is 44.2 Å². The smallest absolute Gasteiger partial charge is 0.308 e. The molecule has 2 aromatic heterocycles. The van der Waals surface area contributed by atoms with Crippen LogP contribution in [0.3, 0.4) is 0 Å². The predicted octanol–water partition coefficient (Wildman–Crippen LogP) is 3.83. The number of aromatic nitrogens is 3. The fraction of sp³-hybridized carbons (Fsp3) is 0.211. The zero-order valence-corrected chi connectivity index (χ0v) is 18.4. The van der Waals surface area contributed by atoms with E-state index in [0.717, 1.165) is 11.3 Å². The van der Waals surface area contributed by atoms with E-state index in [0.29, 0.717) is 20.8 Å². The van der Waals surface area contributed by atoms with E-state index in [9.17, 15) is 13.2 Å². The van der Waals surface area contributed by atoms with E-state index in [4.69, 9.17) is 16.1 Å². The third-order valence-electron chi connectivity index (χ3n) is 4.41. The molecule has 0 bridgehead atoms. The second-order valence-electron chi connectivity index (χ2n) is 6.78. The van der Waals surface area contributed by atoms with Crippen LogP contribution in [0.4, 0.5) is 0 Å². The van der Waals surface area contributed by atoms with Gasteiger partial charge in [0, 0.05) is 11.6 Å². The van der Waals surface area contributed by atoms with Gasteiger partial charge in [0.1, 0.15) is 0 Å². The molecule has 0 fully saturated rings. The first kappa shape index (κ1) is 20.7. The Bertz CT molecular complexity index is 1390. The summed E-state index contributed by atoms with van der Waals surface area (Å²) >= 11 is 7.14. The van der Waals surface area contributed by atoms with Gasteiger partial charge in [0.25, 0.3) is 0 Å². The number of sulfonamides is 1. The topological polar surface area (TPSA) is 107 Å². The highest BCUT2D eigenvalue weighted by atomic mass is 35.5. The summed E-state index contributed by atoms with van der Waals surface area (Å²) in [6.07, 6.45) is 0. The third kappa shape index (κ3) is 3.91. The second kappa shape index (κ2) is 7.95. The Morgan fingerprint density at radius 2 is 2.00 bits per heavy atom. The second-order valence-corrected chi connectivity index (χ2v) is 9.94. The van der Waals surface area contributed by atoms with Gasteiger partial charge in [0.05, 0.1) is 26.7 Å². The van der Waals surface area contributed by atoms with Crippen LogP contribution in [0.15, 0.2) is 56.7 Å². The normalized spacial score (nSPS) is 12.1. The van der Waals surface area contributed by atoms with Crippen molar-refractivity contribution >= 4 is 43.2 Å². The number of rotatable bonds is 6. The SMILES string of the molecule is CC(C)n1c(=O)sc2cc(S(=O)(=O)NCc3nc(-c4ccccc4Cl)no3)ccc21. The summed E-state index contributed by atoms with van der Waals surface area (Å²) in [5, 5.41) is 4.31. The highest BCUT2D eigenvalue weighted by molar-refractivity contribution is 7.89. The molecule has 0 aliphatic rings. The Morgan fingerprint density at radius 3 is 2.73 bits per heavy atom. The first-order chi connectivity index (χ1) is 14.3. The Kier molecular flexibility index (Phi) is 5.49. The van der Waals surface area contributed by atoms with Gasteiger partial charge in [-0.2, -0.15) is 4.98 Å². The standard InChI is InChI=1S/C19H17ClN4O4S2/c1-11(2)24-15-8-7-12(9-16(15)29-19(24)25)30(26,27)21-10-17-22-18(23-28-17)13-5-3-4-6-14(13)20/h3-9,11,21H,10H2,1-2H3. The van der Waals surface area contributed by atoms with Crippen LogP contribution in [0.1, 0.15) is 25.8 Å². The molecule has 1 N–H and O–H groups in total. The average molecular weight is 465 g/mol. The van der Waals surface area contributed by atoms with Gasteiger partial charge < -0.3 is 4.52 Å². The number of fused-ring (bicyclic) bond motifs is 1. The predicted molar refractivity (Wildman–Crippen MR) is 115 cm³/mol. The molecule has 156 valence electrons. The molecule has 4 aromatic rings. The van der Waals surface area contributed by atoms with E-state index >= 15 is 0 Å². The van der Waals surface area contributed by atoms with Gasteiger partial charge in [0.15, 0.2) is 0 Å². The average Bonchev–Trinajstić information content (AvgIpc) is 3.29. The Labute approximate surface area is 181 Å². The summed E-state index contributed by atoms with van der Waals surface area (Å²) in [5.74, 6) is 0.376. The molecule has 8 nitrogen and oxygen atoms in total. The van der Waals surface area contributed by atoms with Crippen molar-refractivity contribution in [2.75, 3.05) is 0 Å². The summed E-state index contributed by atoms with van der Waals surface area (Å²) in [5.41, 5.74) is 1.30. The molecule has 0 spiro atoms. The van der Waals surface area contributed by atoms with Crippen LogP contribution in [0.5, 0.6) is 0 Å². The van der Waals surface area contributed by atoms with E-state index in [1.807, 2.05) is 13.8 Å². The monoisotopic (exact) mass is 464 g/mol. The van der Waals surface area contributed by atoms with Gasteiger partial charge in [-0.15, -0.1) is 0 Å². The molecule has 0 aliphatic heterocycles. The minimum atomic E-state index is -3.85. The first-order valence-corrected chi connectivity index (χ1v) is 11.7. The molecule has 11 heteroatoms. The molecular weight excluding hydrogens is 448 g/mol. The molecule has 0 atom stereocenters. The Balaban J connectivity index is 1.55. The molecule has 4 rings (SSSR count). The number of hydrogen-bond donors (Lipinski definition) is 1. The zero-order valence-electron chi connectivity index (χ0n) is 16.0. The fourth-order valence-electron chi connectivity index (χ4n) is 2.99. The van der Waals surface area contributed by atoms with E-state index < -0.39 is 10.0 Å². The number of hydrogen-bond acceptors (Lipinski definition) is 7. The molecule has 0 radical (unpaired) electrons. The molecule has 2 aromatic carbocycles. The minimum absolute atomic E-state index is 0.0170. The van der Waals surface area contributed by atoms with Crippen LogP contribution in [-0.2, 0) is 16.6 Å². The molecule has 0 saturated heterocycles. The van der Waals surface area contributed by atoms with Crippen LogP contribution in [-0.4, -0.2) is 23.1 Å². The highest BCUT2D eigenvalue weighted by Crippen LogP contribution is 2.26. The van der Waals surface area contributed by atoms with Gasteiger partial charge in [0.2, 0.25) is 21.7 Å². The lowest BCUT2D eigenvalue weighted by molar-refractivity contribution is 0.376. The van der Waals surface area contributed by atoms with Crippen molar-refractivity contribution in [1.82, 2.24) is 19.4 Å². The lowest BCUT2D eigenvalue weighted by Gasteiger charge is -2.08. The van der Waals surface area contributed by atoms with Crippen molar-refractivity contribution in [3.05, 3.63) is 63.0 Å². The van der Waals surface area contributed by atoms with Gasteiger partial charge in [-0.25, -0.2) is 13.1 Å². The Morgan fingerprint density at radius 1 is 1.23 bits per heavy atom. The largest absolute Gasteiger partial charge is 0.338 e. The van der Waals surface area contributed by atoms with Crippen molar-refractivity contribution in [2.45, 2.75) is 31.3 Å². The van der Waals surface area contributed by atoms with Crippen molar-refractivity contribution in [3.63, 3.8) is 0 Å². The fourth-order valence-corrected chi connectivity index (χ4v) is 5.34. The van der Waals surface area contributed by atoms with Crippen LogP contribution in [0.2, 0.25) is 5.02 Å². The molecule has 2 heterocycles. The number of thiazole rings is 1. The summed E-state index contributed by atoms with van der Waals surface area (Å²) < 4.78 is 35.2. The highest BCUT2D eigenvalue weighted by Gasteiger charge is 2.19. The number of halogens is 1. The van der Waals surface area contributed by atoms with Crippen molar-refractivity contribution in [3.8, 4) is 11.4 Å². The molecule has 0 unspecified atom stereocenters. The van der Waals surface area contributed by atoms with Crippen molar-refractivity contribution in [2.24, 2.45) is 0 Å². The van der Waals surface area contributed by atoms with E-state index in [-0.39, 0.29) is 34.1 Å². The maximum absolute atomic E-state index is 12.7. The van der Waals surface area contributed by atoms with Crippen molar-refractivity contribution in [1.29, 1.82) is 0 Å². The zero-order chi connectivity index (χ0) is 21.5. The number of nitrogens with zero attached hydrogens (tertiary/aromatic N) is 3. The lowest BCUT2D eigenvalue weighted by Crippen LogP contribution is -2.23. The van der Waals surface area contributed by atoms with Crippen LogP contribution < -0.4 is 9.60 Å². The molecule has 0 aliphatic carbocycles. The van der Waals surface area contributed by atoms with Gasteiger partial charge in [-0.3, -0.25) is 9.36 Å². The number of nitrogens with one attached hydrogen (secondary N) is 1. The van der Waals surface area contributed by atoms with Crippen LogP contribution in [0, 0.1) is 0 Å². The lowest BCUT2D eigenvalue weighted by atomic mass is 10.2. The number of benzene rings is 2. The van der Waals surface area contributed by atoms with Gasteiger partial charge >= 0.3 is 4.87 Å². The van der Waals surface area contributed by atoms with Crippen LogP contribution in [0.25, 0.3) is 21.6 Å². The maximum atomic E-state index is 12.7. The van der Waals surface area contributed by atoms with E-state index in [1.54, 1.807) is 34.9 Å². The third-order valence-corrected chi connectivity index (χ3v) is 7.05.